The minimum atomic E-state index is 0.0778. The first-order valence-corrected chi connectivity index (χ1v) is 5.47. The zero-order valence-corrected chi connectivity index (χ0v) is 9.99. The molecule has 0 aliphatic carbocycles. The van der Waals surface area contributed by atoms with Gasteiger partial charge in [-0.2, -0.15) is 0 Å². The van der Waals surface area contributed by atoms with Gasteiger partial charge in [0, 0.05) is 0 Å². The Morgan fingerprint density at radius 2 is 2.00 bits per heavy atom. The van der Waals surface area contributed by atoms with Crippen molar-refractivity contribution in [3.63, 3.8) is 0 Å². The molecule has 1 N–H and O–H groups in total. The highest BCUT2D eigenvalue weighted by molar-refractivity contribution is 5.58. The van der Waals surface area contributed by atoms with E-state index in [4.69, 9.17) is 14.6 Å². The third-order valence-corrected chi connectivity index (χ3v) is 2.06. The summed E-state index contributed by atoms with van der Waals surface area (Å²) >= 11 is 0. The Hall–Kier alpha value is -1.48. The molecule has 1 aromatic carbocycles. The smallest absolute Gasteiger partial charge is 0.231 e. The lowest BCUT2D eigenvalue weighted by atomic mass is 10.1. The molecule has 1 aliphatic rings. The van der Waals surface area contributed by atoms with E-state index in [2.05, 4.69) is 0 Å². The fraction of sp³-hybridized carbons (Fsp3) is 0.385. The molecule has 2 rings (SSSR count). The predicted octanol–water partition coefficient (Wildman–Crippen LogP) is 2.84. The van der Waals surface area contributed by atoms with Crippen LogP contribution in [0.25, 0.3) is 6.08 Å². The number of aliphatic hydroxyl groups is 1. The Morgan fingerprint density at radius 1 is 1.31 bits per heavy atom. The first kappa shape index (κ1) is 12.6. The summed E-state index contributed by atoms with van der Waals surface area (Å²) in [6.07, 6.45) is 1.92. The minimum absolute atomic E-state index is 0.0778. The lowest BCUT2D eigenvalue weighted by Crippen LogP contribution is -1.92. The van der Waals surface area contributed by atoms with Crippen LogP contribution in [0.1, 0.15) is 26.3 Å². The van der Waals surface area contributed by atoms with Crippen molar-refractivity contribution in [2.45, 2.75) is 20.8 Å². The van der Waals surface area contributed by atoms with Gasteiger partial charge in [-0.3, -0.25) is 0 Å². The number of benzene rings is 1. The summed E-state index contributed by atoms with van der Waals surface area (Å²) in [6.45, 7) is 6.25. The molecule has 0 spiro atoms. The quantitative estimate of drug-likeness (QED) is 0.836. The van der Waals surface area contributed by atoms with Crippen molar-refractivity contribution in [2.24, 2.45) is 0 Å². The predicted molar refractivity (Wildman–Crippen MR) is 64.6 cm³/mol. The fourth-order valence-corrected chi connectivity index (χ4v) is 1.33. The van der Waals surface area contributed by atoms with Gasteiger partial charge in [0.05, 0.1) is 6.61 Å². The molecule has 0 radical (unpaired) electrons. The number of fused-ring (bicyclic) bond motifs is 1. The van der Waals surface area contributed by atoms with Crippen LogP contribution < -0.4 is 9.47 Å². The summed E-state index contributed by atoms with van der Waals surface area (Å²) in [6, 6.07) is 5.72. The second kappa shape index (κ2) is 6.18. The van der Waals surface area contributed by atoms with Crippen LogP contribution in [0.15, 0.2) is 23.8 Å². The maximum atomic E-state index is 8.87. The third kappa shape index (κ3) is 3.00. The van der Waals surface area contributed by atoms with Crippen LogP contribution in [-0.4, -0.2) is 18.5 Å². The molecule has 0 unspecified atom stereocenters. The van der Waals surface area contributed by atoms with Gasteiger partial charge in [-0.15, -0.1) is 0 Å². The summed E-state index contributed by atoms with van der Waals surface area (Å²) in [5, 5.41) is 8.87. The first-order chi connectivity index (χ1) is 7.79. The Kier molecular flexibility index (Phi) is 4.86. The van der Waals surface area contributed by atoms with Gasteiger partial charge in [-0.25, -0.2) is 0 Å². The average molecular weight is 222 g/mol. The van der Waals surface area contributed by atoms with Crippen LogP contribution in [0.2, 0.25) is 0 Å². The number of hydrogen-bond acceptors (Lipinski definition) is 3. The SMILES string of the molecule is C/C(=C/c1ccc2c(c1)OCO2)CO.CC. The van der Waals surface area contributed by atoms with E-state index in [1.807, 2.05) is 45.0 Å². The van der Waals surface area contributed by atoms with Crippen LogP contribution in [0.5, 0.6) is 11.5 Å². The van der Waals surface area contributed by atoms with Crippen molar-refractivity contribution >= 4 is 6.08 Å². The Labute approximate surface area is 96.3 Å². The van der Waals surface area contributed by atoms with E-state index in [9.17, 15) is 0 Å². The standard InChI is InChI=1S/C11H12O3.C2H6/c1-8(6-12)4-9-2-3-10-11(5-9)14-7-13-10;1-2/h2-5,12H,6-7H2,1H3;1-2H3/b8-4-;. The molecule has 0 fully saturated rings. The molecule has 0 saturated carbocycles. The molecule has 0 bridgehead atoms. The molecule has 1 aromatic rings. The Bertz CT molecular complexity index is 369. The van der Waals surface area contributed by atoms with Crippen molar-refractivity contribution in [1.82, 2.24) is 0 Å². The molecule has 0 saturated heterocycles. The highest BCUT2D eigenvalue weighted by atomic mass is 16.7. The molecule has 88 valence electrons. The molecular weight excluding hydrogens is 204 g/mol. The van der Waals surface area contributed by atoms with Gasteiger partial charge in [-0.05, 0) is 30.2 Å². The van der Waals surface area contributed by atoms with E-state index in [1.54, 1.807) is 0 Å². The second-order valence-electron chi connectivity index (χ2n) is 3.26. The van der Waals surface area contributed by atoms with Crippen molar-refractivity contribution in [3.05, 3.63) is 29.3 Å². The highest BCUT2D eigenvalue weighted by Crippen LogP contribution is 2.32. The summed E-state index contributed by atoms with van der Waals surface area (Å²) in [5.41, 5.74) is 1.93. The first-order valence-electron chi connectivity index (χ1n) is 5.47. The summed E-state index contributed by atoms with van der Waals surface area (Å²) in [4.78, 5) is 0. The van der Waals surface area contributed by atoms with Crippen molar-refractivity contribution in [1.29, 1.82) is 0 Å². The summed E-state index contributed by atoms with van der Waals surface area (Å²) in [7, 11) is 0. The number of aliphatic hydroxyl groups excluding tert-OH is 1. The van der Waals surface area contributed by atoms with E-state index in [-0.39, 0.29) is 6.61 Å². The van der Waals surface area contributed by atoms with E-state index < -0.39 is 0 Å². The maximum Gasteiger partial charge on any atom is 0.231 e. The minimum Gasteiger partial charge on any atom is -0.454 e. The van der Waals surface area contributed by atoms with E-state index >= 15 is 0 Å². The number of rotatable bonds is 2. The third-order valence-electron chi connectivity index (χ3n) is 2.06. The second-order valence-corrected chi connectivity index (χ2v) is 3.26. The van der Waals surface area contributed by atoms with Crippen LogP contribution >= 0.6 is 0 Å². The molecule has 1 aliphatic heterocycles. The topological polar surface area (TPSA) is 38.7 Å². The fourth-order valence-electron chi connectivity index (χ4n) is 1.33. The Morgan fingerprint density at radius 3 is 2.69 bits per heavy atom. The summed E-state index contributed by atoms with van der Waals surface area (Å²) in [5.74, 6) is 1.55. The average Bonchev–Trinajstić information content (AvgIpc) is 2.79. The van der Waals surface area contributed by atoms with Gasteiger partial charge in [0.2, 0.25) is 6.79 Å². The summed E-state index contributed by atoms with van der Waals surface area (Å²) < 4.78 is 10.4. The van der Waals surface area contributed by atoms with E-state index in [1.165, 1.54) is 0 Å². The molecule has 16 heavy (non-hydrogen) atoms. The normalized spacial score (nSPS) is 13.1. The van der Waals surface area contributed by atoms with Gasteiger partial charge < -0.3 is 14.6 Å². The van der Waals surface area contributed by atoms with Gasteiger partial charge in [0.1, 0.15) is 0 Å². The van der Waals surface area contributed by atoms with Crippen LogP contribution in [0.3, 0.4) is 0 Å². The zero-order chi connectivity index (χ0) is 12.0. The zero-order valence-electron chi connectivity index (χ0n) is 9.99. The van der Waals surface area contributed by atoms with Crippen molar-refractivity contribution in [2.75, 3.05) is 13.4 Å². The largest absolute Gasteiger partial charge is 0.454 e. The van der Waals surface area contributed by atoms with Gasteiger partial charge in [0.25, 0.3) is 0 Å². The van der Waals surface area contributed by atoms with Gasteiger partial charge in [0.15, 0.2) is 11.5 Å². The molecule has 3 nitrogen and oxygen atoms in total. The van der Waals surface area contributed by atoms with Crippen LogP contribution in [0.4, 0.5) is 0 Å². The van der Waals surface area contributed by atoms with E-state index in [0.29, 0.717) is 6.79 Å². The van der Waals surface area contributed by atoms with Crippen molar-refractivity contribution < 1.29 is 14.6 Å². The number of ether oxygens (including phenoxy) is 2. The van der Waals surface area contributed by atoms with Gasteiger partial charge >= 0.3 is 0 Å². The molecule has 3 heteroatoms. The molecule has 0 atom stereocenters. The van der Waals surface area contributed by atoms with Crippen molar-refractivity contribution in [3.8, 4) is 11.5 Å². The van der Waals surface area contributed by atoms with Crippen LogP contribution in [-0.2, 0) is 0 Å². The monoisotopic (exact) mass is 222 g/mol. The molecule has 1 heterocycles. The Balaban J connectivity index is 0.000000606. The van der Waals surface area contributed by atoms with Crippen LogP contribution in [0, 0.1) is 0 Å². The highest BCUT2D eigenvalue weighted by Gasteiger charge is 2.12. The molecule has 0 aromatic heterocycles. The van der Waals surface area contributed by atoms with E-state index in [0.717, 1.165) is 22.6 Å². The maximum absolute atomic E-state index is 8.87. The molecular formula is C13H18O3. The molecule has 0 amide bonds. The lowest BCUT2D eigenvalue weighted by Gasteiger charge is -1.99. The number of hydrogen-bond donors (Lipinski definition) is 1. The lowest BCUT2D eigenvalue weighted by molar-refractivity contribution is 0.174. The van der Waals surface area contributed by atoms with Gasteiger partial charge in [-0.1, -0.05) is 26.0 Å².